The Balaban J connectivity index is 1.21. The number of furan rings is 2. The van der Waals surface area contributed by atoms with Gasteiger partial charge in [-0.05, 0) is 47.5 Å². The molecule has 1 aliphatic rings. The first kappa shape index (κ1) is 24.6. The zero-order chi connectivity index (χ0) is 29.0. The maximum atomic E-state index is 6.38. The van der Waals surface area contributed by atoms with E-state index >= 15 is 0 Å². The Kier molecular flexibility index (Phi) is 5.50. The summed E-state index contributed by atoms with van der Waals surface area (Å²) in [6.45, 7) is 0. The molecule has 0 saturated heterocycles. The van der Waals surface area contributed by atoms with E-state index in [4.69, 9.17) is 18.8 Å². The third-order valence-corrected chi connectivity index (χ3v) is 8.35. The molecule has 0 fully saturated rings. The SMILES string of the molecule is c1ccc(C2=NC(c3cccc4oc5ccc(-c6ccc7c(c6)oc6ccccc67)cc5c34)N=C(c3ccccc3)N2)cc1. The molecule has 5 heteroatoms. The molecular weight excluding hydrogens is 542 g/mol. The van der Waals surface area contributed by atoms with Crippen LogP contribution < -0.4 is 5.32 Å². The maximum absolute atomic E-state index is 6.38. The van der Waals surface area contributed by atoms with Gasteiger partial charge < -0.3 is 14.2 Å². The molecule has 0 saturated carbocycles. The molecule has 0 aliphatic carbocycles. The average Bonchev–Trinajstić information content (AvgIpc) is 3.66. The molecule has 2 aromatic heterocycles. The number of benzene rings is 6. The first-order valence-electron chi connectivity index (χ1n) is 14.7. The summed E-state index contributed by atoms with van der Waals surface area (Å²) in [6.07, 6.45) is -0.457. The van der Waals surface area contributed by atoms with Crippen LogP contribution in [-0.2, 0) is 0 Å². The van der Waals surface area contributed by atoms with Gasteiger partial charge in [0, 0.05) is 38.2 Å². The fourth-order valence-corrected chi connectivity index (χ4v) is 6.23. The number of hydrogen-bond acceptors (Lipinski definition) is 5. The van der Waals surface area contributed by atoms with Gasteiger partial charge in [-0.1, -0.05) is 103 Å². The van der Waals surface area contributed by atoms with E-state index in [1.54, 1.807) is 0 Å². The lowest BCUT2D eigenvalue weighted by atomic mass is 9.99. The van der Waals surface area contributed by atoms with Crippen molar-refractivity contribution in [1.82, 2.24) is 5.32 Å². The van der Waals surface area contributed by atoms with E-state index in [9.17, 15) is 0 Å². The Morgan fingerprint density at radius 1 is 0.432 bits per heavy atom. The number of aliphatic imine (C=N–C) groups is 2. The summed E-state index contributed by atoms with van der Waals surface area (Å²) in [4.78, 5) is 10.3. The van der Waals surface area contributed by atoms with E-state index in [0.29, 0.717) is 0 Å². The van der Waals surface area contributed by atoms with E-state index in [1.165, 1.54) is 0 Å². The third-order valence-electron chi connectivity index (χ3n) is 8.35. The molecule has 9 rings (SSSR count). The molecule has 0 atom stereocenters. The Morgan fingerprint density at radius 3 is 1.80 bits per heavy atom. The molecule has 44 heavy (non-hydrogen) atoms. The fraction of sp³-hybridized carbons (Fsp3) is 0.0256. The molecular formula is C39H25N3O2. The van der Waals surface area contributed by atoms with Crippen molar-refractivity contribution >= 4 is 55.5 Å². The number of rotatable bonds is 4. The highest BCUT2D eigenvalue weighted by molar-refractivity contribution is 6.16. The minimum atomic E-state index is -0.457. The Labute approximate surface area is 252 Å². The summed E-state index contributed by atoms with van der Waals surface area (Å²) in [5, 5.41) is 7.79. The number of nitrogens with one attached hydrogen (secondary N) is 1. The molecule has 0 unspecified atom stereocenters. The van der Waals surface area contributed by atoms with Gasteiger partial charge in [-0.15, -0.1) is 0 Å². The molecule has 0 amide bonds. The molecule has 6 aromatic carbocycles. The van der Waals surface area contributed by atoms with Crippen molar-refractivity contribution in [1.29, 1.82) is 0 Å². The van der Waals surface area contributed by atoms with Crippen LogP contribution in [0.25, 0.3) is 55.0 Å². The van der Waals surface area contributed by atoms with Crippen LogP contribution in [0.15, 0.2) is 158 Å². The normalized spacial score (nSPS) is 13.8. The maximum Gasteiger partial charge on any atom is 0.170 e. The fourth-order valence-electron chi connectivity index (χ4n) is 6.23. The summed E-state index contributed by atoms with van der Waals surface area (Å²) >= 11 is 0. The molecule has 0 bridgehead atoms. The zero-order valence-electron chi connectivity index (χ0n) is 23.6. The van der Waals surface area contributed by atoms with E-state index in [2.05, 4.69) is 78.1 Å². The van der Waals surface area contributed by atoms with Gasteiger partial charge in [-0.25, -0.2) is 9.98 Å². The van der Waals surface area contributed by atoms with Gasteiger partial charge in [-0.3, -0.25) is 0 Å². The van der Waals surface area contributed by atoms with Crippen LogP contribution in [0, 0.1) is 0 Å². The predicted molar refractivity (Wildman–Crippen MR) is 178 cm³/mol. The summed E-state index contributed by atoms with van der Waals surface area (Å²) < 4.78 is 12.6. The first-order chi connectivity index (χ1) is 21.8. The van der Waals surface area contributed by atoms with Crippen molar-refractivity contribution in [3.63, 3.8) is 0 Å². The lowest BCUT2D eigenvalue weighted by Crippen LogP contribution is -2.36. The summed E-state index contributed by atoms with van der Waals surface area (Å²) in [5.74, 6) is 1.57. The number of amidine groups is 2. The molecule has 0 radical (unpaired) electrons. The Bertz CT molecular complexity index is 2360. The van der Waals surface area contributed by atoms with Crippen LogP contribution in [0.1, 0.15) is 22.9 Å². The number of para-hydroxylation sites is 1. The highest BCUT2D eigenvalue weighted by Crippen LogP contribution is 2.39. The first-order valence-corrected chi connectivity index (χ1v) is 14.7. The third kappa shape index (κ3) is 4.02. The monoisotopic (exact) mass is 567 g/mol. The van der Waals surface area contributed by atoms with Gasteiger partial charge in [0.15, 0.2) is 6.17 Å². The van der Waals surface area contributed by atoms with Gasteiger partial charge in [0.2, 0.25) is 0 Å². The van der Waals surface area contributed by atoms with Crippen molar-refractivity contribution in [2.24, 2.45) is 9.98 Å². The average molecular weight is 568 g/mol. The molecule has 8 aromatic rings. The van der Waals surface area contributed by atoms with Crippen LogP contribution in [-0.4, -0.2) is 11.7 Å². The standard InChI is InChI=1S/C39H25N3O2/c1-3-10-24(11-4-1)37-40-38(25-12-5-2-6-13-25)42-39(41-37)30-15-9-17-34-36(30)31-22-26(19-21-33(31)43-34)27-18-20-29-28-14-7-8-16-32(28)44-35(29)23-27/h1-23,39H,(H,40,41,42). The van der Waals surface area contributed by atoms with Crippen molar-refractivity contribution in [3.8, 4) is 11.1 Å². The van der Waals surface area contributed by atoms with Gasteiger partial charge in [-0.2, -0.15) is 0 Å². The molecule has 3 heterocycles. The summed E-state index contributed by atoms with van der Waals surface area (Å²) in [6, 6.07) is 47.5. The minimum Gasteiger partial charge on any atom is -0.456 e. The molecule has 208 valence electrons. The highest BCUT2D eigenvalue weighted by atomic mass is 16.3. The summed E-state index contributed by atoms with van der Waals surface area (Å²) in [7, 11) is 0. The Hall–Kier alpha value is -5.94. The van der Waals surface area contributed by atoms with Crippen LogP contribution in [0.2, 0.25) is 0 Å². The van der Waals surface area contributed by atoms with Gasteiger partial charge in [0.05, 0.1) is 0 Å². The van der Waals surface area contributed by atoms with Crippen molar-refractivity contribution < 1.29 is 8.83 Å². The van der Waals surface area contributed by atoms with Crippen molar-refractivity contribution in [3.05, 3.63) is 156 Å². The number of fused-ring (bicyclic) bond motifs is 6. The second-order valence-electron chi connectivity index (χ2n) is 11.0. The van der Waals surface area contributed by atoms with E-state index in [-0.39, 0.29) is 0 Å². The minimum absolute atomic E-state index is 0.457. The number of hydrogen-bond donors (Lipinski definition) is 1. The predicted octanol–water partition coefficient (Wildman–Crippen LogP) is 9.65. The molecule has 0 spiro atoms. The lowest BCUT2D eigenvalue weighted by molar-refractivity contribution is 0.667. The van der Waals surface area contributed by atoms with E-state index < -0.39 is 6.17 Å². The number of nitrogens with zero attached hydrogens (tertiary/aromatic N) is 2. The molecule has 1 N–H and O–H groups in total. The topological polar surface area (TPSA) is 63.0 Å². The zero-order valence-corrected chi connectivity index (χ0v) is 23.6. The van der Waals surface area contributed by atoms with E-state index in [1.807, 2.05) is 66.7 Å². The van der Waals surface area contributed by atoms with Gasteiger partial charge in [0.1, 0.15) is 34.0 Å². The quantitative estimate of drug-likeness (QED) is 0.230. The Morgan fingerprint density at radius 2 is 1.02 bits per heavy atom. The second-order valence-corrected chi connectivity index (χ2v) is 11.0. The van der Waals surface area contributed by atoms with Crippen LogP contribution >= 0.6 is 0 Å². The van der Waals surface area contributed by atoms with Crippen LogP contribution in [0.3, 0.4) is 0 Å². The smallest absolute Gasteiger partial charge is 0.170 e. The molecule has 5 nitrogen and oxygen atoms in total. The largest absolute Gasteiger partial charge is 0.456 e. The van der Waals surface area contributed by atoms with E-state index in [0.717, 1.165) is 83.4 Å². The van der Waals surface area contributed by atoms with Crippen LogP contribution in [0.5, 0.6) is 0 Å². The summed E-state index contributed by atoms with van der Waals surface area (Å²) in [5.41, 5.74) is 8.60. The van der Waals surface area contributed by atoms with Gasteiger partial charge >= 0.3 is 0 Å². The molecule has 1 aliphatic heterocycles. The van der Waals surface area contributed by atoms with Crippen LogP contribution in [0.4, 0.5) is 0 Å². The highest BCUT2D eigenvalue weighted by Gasteiger charge is 2.24. The van der Waals surface area contributed by atoms with Crippen molar-refractivity contribution in [2.75, 3.05) is 0 Å². The second kappa shape index (κ2) is 9.82. The lowest BCUT2D eigenvalue weighted by Gasteiger charge is -2.22. The van der Waals surface area contributed by atoms with Gasteiger partial charge in [0.25, 0.3) is 0 Å². The van der Waals surface area contributed by atoms with Crippen molar-refractivity contribution in [2.45, 2.75) is 6.17 Å².